The van der Waals surface area contributed by atoms with Gasteiger partial charge in [0.2, 0.25) is 0 Å². The first-order chi connectivity index (χ1) is 21.4. The summed E-state index contributed by atoms with van der Waals surface area (Å²) in [6.07, 6.45) is 11.8. The van der Waals surface area contributed by atoms with Crippen molar-refractivity contribution in [3.8, 4) is 0 Å². The molecule has 45 heavy (non-hydrogen) atoms. The van der Waals surface area contributed by atoms with Crippen LogP contribution in [0.15, 0.2) is 42.9 Å². The van der Waals surface area contributed by atoms with Gasteiger partial charge in [-0.2, -0.15) is 11.8 Å². The van der Waals surface area contributed by atoms with Crippen LogP contribution in [0.3, 0.4) is 0 Å². The van der Waals surface area contributed by atoms with Crippen LogP contribution in [-0.2, 0) is 12.5 Å². The Balaban J connectivity index is 1.55. The van der Waals surface area contributed by atoms with E-state index in [-0.39, 0.29) is 30.0 Å². The molecule has 10 heteroatoms. The Hall–Kier alpha value is -2.46. The summed E-state index contributed by atoms with van der Waals surface area (Å²) in [6.45, 7) is 11.6. The summed E-state index contributed by atoms with van der Waals surface area (Å²) in [4.78, 5) is 11.3. The molecule has 1 atom stereocenters. The van der Waals surface area contributed by atoms with Crippen LogP contribution in [0.4, 0.5) is 24.8 Å². The lowest BCUT2D eigenvalue weighted by molar-refractivity contribution is -0.0807. The third-order valence-electron chi connectivity index (χ3n) is 10.0. The fourth-order valence-corrected chi connectivity index (χ4v) is 8.28. The van der Waals surface area contributed by atoms with Gasteiger partial charge in [-0.25, -0.2) is 23.1 Å². The number of allylic oxidation sites excluding steroid dienone is 1. The van der Waals surface area contributed by atoms with E-state index in [9.17, 15) is 0 Å². The topological polar surface area (TPSA) is 53.1 Å². The second-order valence-corrected chi connectivity index (χ2v) is 15.1. The highest BCUT2D eigenvalue weighted by atomic mass is 32.2. The summed E-state index contributed by atoms with van der Waals surface area (Å²) in [5.41, 5.74) is 1.41. The van der Waals surface area contributed by atoms with Crippen molar-refractivity contribution in [1.29, 1.82) is 0 Å². The van der Waals surface area contributed by atoms with Gasteiger partial charge in [-0.3, -0.25) is 4.90 Å². The van der Waals surface area contributed by atoms with Gasteiger partial charge in [-0.05, 0) is 74.0 Å². The Kier molecular flexibility index (Phi) is 10.6. The molecule has 2 radical (unpaired) electrons. The van der Waals surface area contributed by atoms with Crippen molar-refractivity contribution in [3.05, 3.63) is 65.4 Å². The molecule has 5 heterocycles. The molecule has 242 valence electrons. The van der Waals surface area contributed by atoms with Crippen LogP contribution in [0.1, 0.15) is 88.8 Å². The summed E-state index contributed by atoms with van der Waals surface area (Å²) in [5.74, 6) is -0.789. The van der Waals surface area contributed by atoms with Gasteiger partial charge >= 0.3 is 0 Å². The predicted octanol–water partition coefficient (Wildman–Crippen LogP) is 8.81. The number of halogens is 3. The molecule has 1 aromatic heterocycles. The highest BCUT2D eigenvalue weighted by molar-refractivity contribution is 7.99. The zero-order valence-electron chi connectivity index (χ0n) is 27.0. The van der Waals surface area contributed by atoms with E-state index in [1.807, 2.05) is 11.8 Å². The lowest BCUT2D eigenvalue weighted by atomic mass is 9.58. The molecule has 5 nitrogen and oxygen atoms in total. The van der Waals surface area contributed by atoms with Crippen molar-refractivity contribution in [2.24, 2.45) is 11.8 Å². The van der Waals surface area contributed by atoms with E-state index >= 15 is 13.2 Å². The van der Waals surface area contributed by atoms with E-state index in [2.05, 4.69) is 58.9 Å². The number of fused-ring (bicyclic) bond motifs is 9. The maximum absolute atomic E-state index is 15.8. The van der Waals surface area contributed by atoms with Gasteiger partial charge in [-0.15, -0.1) is 0 Å². The molecule has 4 aliphatic heterocycles. The summed E-state index contributed by atoms with van der Waals surface area (Å²) in [7, 11) is 7.20. The molecule has 2 aromatic rings. The van der Waals surface area contributed by atoms with Crippen LogP contribution in [0.2, 0.25) is 5.31 Å². The summed E-state index contributed by atoms with van der Waals surface area (Å²) >= 11 is 1.97. The number of benzene rings is 1. The fraction of sp³-hybridized carbons (Fsp3) is 0.600. The number of hydrogen-bond acceptors (Lipinski definition) is 6. The minimum absolute atomic E-state index is 0.0121. The number of nitrogens with zero attached hydrogens (tertiary/aromatic N) is 3. The number of thioether (sulfide) groups is 1. The van der Waals surface area contributed by atoms with E-state index in [0.717, 1.165) is 56.5 Å². The number of anilines is 2. The highest BCUT2D eigenvalue weighted by Crippen LogP contribution is 2.47. The van der Waals surface area contributed by atoms with Crippen LogP contribution in [0.5, 0.6) is 0 Å². The highest BCUT2D eigenvalue weighted by Gasteiger charge is 2.44. The first-order valence-electron chi connectivity index (χ1n) is 16.4. The molecular weight excluding hydrogens is 590 g/mol. The molecule has 2 N–H and O–H groups in total. The molecule has 6 rings (SSSR count). The van der Waals surface area contributed by atoms with E-state index in [1.54, 1.807) is 12.3 Å². The minimum atomic E-state index is -3.26. The number of alkyl halides is 2. The van der Waals surface area contributed by atoms with Crippen molar-refractivity contribution < 1.29 is 13.2 Å². The molecular formula is C35H47BF3N5S. The third-order valence-corrected chi connectivity index (χ3v) is 11.1. The number of aromatic nitrogens is 2. The summed E-state index contributed by atoms with van der Waals surface area (Å²) in [6, 6.07) is 4.28. The predicted molar refractivity (Wildman–Crippen MR) is 182 cm³/mol. The number of hydrogen-bond donors (Lipinski definition) is 2. The van der Waals surface area contributed by atoms with Gasteiger partial charge in [-0.1, -0.05) is 63.0 Å². The average molecular weight is 638 g/mol. The van der Waals surface area contributed by atoms with Gasteiger partial charge in [0.15, 0.2) is 0 Å². The smallest absolute Gasteiger partial charge is 0.276 e. The molecule has 1 unspecified atom stereocenters. The van der Waals surface area contributed by atoms with Crippen molar-refractivity contribution in [1.82, 2.24) is 14.9 Å². The Labute approximate surface area is 272 Å². The third kappa shape index (κ3) is 7.92. The second kappa shape index (κ2) is 14.1. The lowest BCUT2D eigenvalue weighted by Crippen LogP contribution is -2.57. The normalized spacial score (nSPS) is 29.0. The largest absolute Gasteiger partial charge is 0.365 e. The second-order valence-electron chi connectivity index (χ2n) is 13.9. The van der Waals surface area contributed by atoms with Crippen molar-refractivity contribution >= 4 is 37.3 Å². The lowest BCUT2D eigenvalue weighted by Gasteiger charge is -2.50. The van der Waals surface area contributed by atoms with Crippen molar-refractivity contribution in [2.75, 3.05) is 35.2 Å². The molecule has 0 spiro atoms. The molecule has 4 aliphatic rings. The van der Waals surface area contributed by atoms with Crippen LogP contribution in [0, 0.1) is 17.7 Å². The van der Waals surface area contributed by atoms with Gasteiger partial charge < -0.3 is 10.6 Å². The standard InChI is InChI=1S/C35H47BF3N5S/c1-5-40-31-27-18-29(25-12-16-45-17-13-25)34(4,36)15-8-6-7-14-33(2,3)44-21-24(22-44)19-35(38,39)28-11-9-10-26(30(28)37)20-41-32(27)43-23-42-31/h5,9-11,18,23-25H,1,6-8,12-17,19-22H2,2-4H3,(H2,40,41,42,43)/b29-18-. The molecule has 0 amide bonds. The van der Waals surface area contributed by atoms with Crippen LogP contribution < -0.4 is 10.6 Å². The fourth-order valence-electron chi connectivity index (χ4n) is 7.17. The molecule has 2 saturated heterocycles. The van der Waals surface area contributed by atoms with E-state index < -0.39 is 22.6 Å². The Bertz CT molecular complexity index is 1370. The van der Waals surface area contributed by atoms with E-state index in [0.29, 0.717) is 36.2 Å². The SMILES string of the molecule is [B]C1(C)CCCCCC(C)(C)N2CC(C2)CC(F)(F)c2cccc(c2F)CNc2ncnc(NC=C)c2/C=C\1C1CCSCC1. The van der Waals surface area contributed by atoms with E-state index in [1.165, 1.54) is 24.0 Å². The van der Waals surface area contributed by atoms with Gasteiger partial charge in [0, 0.05) is 37.2 Å². The maximum Gasteiger partial charge on any atom is 0.276 e. The zero-order valence-corrected chi connectivity index (χ0v) is 27.8. The van der Waals surface area contributed by atoms with Gasteiger partial charge in [0.05, 0.1) is 19.0 Å². The summed E-state index contributed by atoms with van der Waals surface area (Å²) in [5, 5.41) is 5.82. The van der Waals surface area contributed by atoms with Crippen LogP contribution in [-0.4, -0.2) is 52.8 Å². The molecule has 0 saturated carbocycles. The Morgan fingerprint density at radius 2 is 1.82 bits per heavy atom. The molecule has 4 bridgehead atoms. The molecule has 0 aliphatic carbocycles. The van der Waals surface area contributed by atoms with Crippen molar-refractivity contribution in [2.45, 2.75) is 95.5 Å². The van der Waals surface area contributed by atoms with Gasteiger partial charge in [0.1, 0.15) is 23.8 Å². The average Bonchev–Trinajstić information content (AvgIpc) is 2.97. The van der Waals surface area contributed by atoms with Crippen LogP contribution in [0.25, 0.3) is 6.08 Å². The first-order valence-corrected chi connectivity index (χ1v) is 17.5. The quantitative estimate of drug-likeness (QED) is 0.328. The maximum atomic E-state index is 15.8. The van der Waals surface area contributed by atoms with E-state index in [4.69, 9.17) is 7.85 Å². The number of rotatable bonds is 3. The zero-order chi connectivity index (χ0) is 32.2. The molecule has 2 fully saturated rings. The Morgan fingerprint density at radius 1 is 1.09 bits per heavy atom. The minimum Gasteiger partial charge on any atom is -0.365 e. The summed E-state index contributed by atoms with van der Waals surface area (Å²) < 4.78 is 46.9. The molecule has 1 aromatic carbocycles. The first kappa shape index (κ1) is 33.9. The van der Waals surface area contributed by atoms with Crippen molar-refractivity contribution in [3.63, 3.8) is 0 Å². The van der Waals surface area contributed by atoms with Gasteiger partial charge in [0.25, 0.3) is 5.92 Å². The Morgan fingerprint density at radius 3 is 2.56 bits per heavy atom. The number of nitrogens with one attached hydrogen (secondary N) is 2. The monoisotopic (exact) mass is 637 g/mol. The van der Waals surface area contributed by atoms with Crippen LogP contribution >= 0.6 is 11.8 Å².